The van der Waals surface area contributed by atoms with E-state index in [0.29, 0.717) is 31.5 Å². The van der Waals surface area contributed by atoms with Crippen molar-refractivity contribution in [1.29, 1.82) is 0 Å². The highest BCUT2D eigenvalue weighted by molar-refractivity contribution is 7.15. The number of carbonyl (C=O) groups excluding carboxylic acids is 2. The maximum Gasteiger partial charge on any atom is 0.263 e. The predicted octanol–water partition coefficient (Wildman–Crippen LogP) is 1.74. The number of amides is 2. The van der Waals surface area contributed by atoms with E-state index < -0.39 is 40.0 Å². The van der Waals surface area contributed by atoms with E-state index in [4.69, 9.17) is 0 Å². The van der Waals surface area contributed by atoms with Crippen LogP contribution in [0.4, 0.5) is 13.9 Å². The van der Waals surface area contributed by atoms with Crippen LogP contribution in [0.1, 0.15) is 60.0 Å². The molecule has 0 radical (unpaired) electrons. The predicted molar refractivity (Wildman–Crippen MR) is 140 cm³/mol. The van der Waals surface area contributed by atoms with E-state index in [1.807, 2.05) is 21.0 Å². The van der Waals surface area contributed by atoms with Crippen LogP contribution < -0.4 is 15.5 Å². The number of rotatable bonds is 8. The van der Waals surface area contributed by atoms with Gasteiger partial charge in [0.1, 0.15) is 17.2 Å². The molecule has 8 nitrogen and oxygen atoms in total. The maximum atomic E-state index is 14.2. The number of halogens is 2. The lowest BCUT2D eigenvalue weighted by atomic mass is 9.47. The number of carbonyl (C=O) groups is 2. The Labute approximate surface area is 225 Å². The van der Waals surface area contributed by atoms with Crippen LogP contribution >= 0.6 is 11.3 Å². The first kappa shape index (κ1) is 28.5. The second-order valence-corrected chi connectivity index (χ2v) is 12.5. The summed E-state index contributed by atoms with van der Waals surface area (Å²) >= 11 is 1.20. The number of quaternary nitrogens is 1. The first-order chi connectivity index (χ1) is 17.9. The third-order valence-electron chi connectivity index (χ3n) is 8.64. The standard InChI is InChI=1S/C27H36F2N4O4S/c1-26-9-8-20(35)27(2,14-34)19(26)13-18-23(15(26)12-21(36)30-10-11-33(3)4)31-25(38-18)32-24(37)22-16(28)6-5-7-17(22)29/h5-7,15,19-20,34-35H,8-14H2,1-4H3,(H,30,36)(H,31,32,37)/p+1/t15-,19+,20-,26+,27+/m1/s1. The van der Waals surface area contributed by atoms with Crippen molar-refractivity contribution >= 4 is 28.3 Å². The molecule has 11 heteroatoms. The van der Waals surface area contributed by atoms with Crippen LogP contribution in [0, 0.1) is 28.4 Å². The number of benzene rings is 1. The van der Waals surface area contributed by atoms with Crippen molar-refractivity contribution in [3.63, 3.8) is 0 Å². The number of nitrogens with one attached hydrogen (secondary N) is 3. The lowest BCUT2D eigenvalue weighted by Gasteiger charge is -2.58. The second-order valence-electron chi connectivity index (χ2n) is 11.4. The number of aliphatic hydroxyl groups excluding tert-OH is 2. The first-order valence-corrected chi connectivity index (χ1v) is 13.8. The van der Waals surface area contributed by atoms with Gasteiger partial charge >= 0.3 is 0 Å². The largest absolute Gasteiger partial charge is 0.396 e. The minimum Gasteiger partial charge on any atom is -0.396 e. The van der Waals surface area contributed by atoms with E-state index in [9.17, 15) is 28.6 Å². The molecule has 38 heavy (non-hydrogen) atoms. The number of nitrogens with zero attached hydrogens (tertiary/aromatic N) is 1. The minimum absolute atomic E-state index is 0.118. The van der Waals surface area contributed by atoms with Crippen LogP contribution in [-0.2, 0) is 11.2 Å². The van der Waals surface area contributed by atoms with Gasteiger partial charge in [0.25, 0.3) is 5.91 Å². The molecule has 0 bridgehead atoms. The molecule has 5 N–H and O–H groups in total. The Morgan fingerprint density at radius 1 is 1.24 bits per heavy atom. The number of hydrogen-bond donors (Lipinski definition) is 5. The molecule has 4 rings (SSSR count). The first-order valence-electron chi connectivity index (χ1n) is 13.0. The van der Waals surface area contributed by atoms with E-state index in [1.54, 1.807) is 0 Å². The van der Waals surface area contributed by atoms with Gasteiger partial charge in [-0.2, -0.15) is 0 Å². The fourth-order valence-electron chi connectivity index (χ4n) is 6.28. The van der Waals surface area contributed by atoms with Crippen molar-refractivity contribution in [2.24, 2.45) is 16.7 Å². The lowest BCUT2D eigenvalue weighted by Crippen LogP contribution is -3.06. The van der Waals surface area contributed by atoms with Crippen molar-refractivity contribution in [3.05, 3.63) is 46.0 Å². The number of thiazole rings is 1. The summed E-state index contributed by atoms with van der Waals surface area (Å²) in [4.78, 5) is 32.5. The van der Waals surface area contributed by atoms with Crippen molar-refractivity contribution in [2.45, 2.75) is 51.6 Å². The van der Waals surface area contributed by atoms with Crippen LogP contribution in [0.25, 0.3) is 0 Å². The Hall–Kier alpha value is -2.47. The van der Waals surface area contributed by atoms with E-state index in [0.717, 1.165) is 23.6 Å². The molecule has 0 saturated heterocycles. The molecule has 1 saturated carbocycles. The van der Waals surface area contributed by atoms with Crippen LogP contribution in [0.2, 0.25) is 0 Å². The molecule has 0 unspecified atom stereocenters. The van der Waals surface area contributed by atoms with Crippen LogP contribution in [0.5, 0.6) is 0 Å². The Kier molecular flexibility index (Phi) is 8.23. The van der Waals surface area contributed by atoms with Gasteiger partial charge in [-0.05, 0) is 42.7 Å². The minimum atomic E-state index is -0.968. The summed E-state index contributed by atoms with van der Waals surface area (Å²) in [6.07, 6.45) is 1.11. The monoisotopic (exact) mass is 551 g/mol. The van der Waals surface area contributed by atoms with Crippen molar-refractivity contribution in [3.8, 4) is 0 Å². The van der Waals surface area contributed by atoms with Gasteiger partial charge in [0.2, 0.25) is 5.91 Å². The number of fused-ring (bicyclic) bond motifs is 2. The van der Waals surface area contributed by atoms with E-state index in [1.165, 1.54) is 22.3 Å². The lowest BCUT2D eigenvalue weighted by molar-refractivity contribution is -0.856. The zero-order valence-electron chi connectivity index (χ0n) is 22.2. The summed E-state index contributed by atoms with van der Waals surface area (Å²) in [7, 11) is 4.01. The number of likely N-dealkylation sites (N-methyl/N-ethyl adjacent to an activating group) is 1. The van der Waals surface area contributed by atoms with Crippen LogP contribution in [-0.4, -0.2) is 66.9 Å². The van der Waals surface area contributed by atoms with Crippen LogP contribution in [0.15, 0.2) is 18.2 Å². The summed E-state index contributed by atoms with van der Waals surface area (Å²) in [6, 6.07) is 3.22. The van der Waals surface area contributed by atoms with Crippen molar-refractivity contribution in [2.75, 3.05) is 39.1 Å². The molecule has 1 aromatic carbocycles. The number of anilines is 1. The highest BCUT2D eigenvalue weighted by Crippen LogP contribution is 2.62. The van der Waals surface area contributed by atoms with Gasteiger partial charge in [-0.15, -0.1) is 11.3 Å². The van der Waals surface area contributed by atoms with Gasteiger partial charge in [-0.25, -0.2) is 13.8 Å². The summed E-state index contributed by atoms with van der Waals surface area (Å²) in [5, 5.41) is 27.0. The highest BCUT2D eigenvalue weighted by Gasteiger charge is 2.59. The van der Waals surface area contributed by atoms with E-state index >= 15 is 0 Å². The van der Waals surface area contributed by atoms with Gasteiger partial charge in [0, 0.05) is 22.6 Å². The summed E-state index contributed by atoms with van der Waals surface area (Å²) in [6.45, 7) is 5.07. The Balaban J connectivity index is 1.68. The Bertz CT molecular complexity index is 1190. The molecule has 1 fully saturated rings. The Morgan fingerprint density at radius 3 is 2.55 bits per heavy atom. The average molecular weight is 552 g/mol. The average Bonchev–Trinajstić information content (AvgIpc) is 3.24. The maximum absolute atomic E-state index is 14.2. The molecular formula is C27H37F2N4O4S+. The van der Waals surface area contributed by atoms with Gasteiger partial charge in [-0.3, -0.25) is 14.9 Å². The number of hydrogen-bond acceptors (Lipinski definition) is 6. The van der Waals surface area contributed by atoms with E-state index in [-0.39, 0.29) is 35.9 Å². The Morgan fingerprint density at radius 2 is 1.92 bits per heavy atom. The zero-order valence-corrected chi connectivity index (χ0v) is 23.1. The molecule has 2 aromatic rings. The third-order valence-corrected chi connectivity index (χ3v) is 9.65. The quantitative estimate of drug-likeness (QED) is 0.343. The molecule has 0 spiro atoms. The zero-order chi connectivity index (χ0) is 27.8. The summed E-state index contributed by atoms with van der Waals surface area (Å²) in [5.41, 5.74) is -1.22. The van der Waals surface area contributed by atoms with E-state index in [2.05, 4.69) is 22.5 Å². The summed E-state index contributed by atoms with van der Waals surface area (Å²) in [5.74, 6) is -3.46. The van der Waals surface area contributed by atoms with Crippen LogP contribution in [0.3, 0.4) is 0 Å². The topological polar surface area (TPSA) is 116 Å². The SMILES string of the molecule is C[NH+](C)CCNC(=O)C[C@@H]1c2nc(NC(=O)c3c(F)cccc3F)sc2C[C@@H]2[C@](C)(CO)[C@H](O)CC[C@]21C. The molecule has 0 aliphatic heterocycles. The second kappa shape index (κ2) is 11.0. The fraction of sp³-hybridized carbons (Fsp3) is 0.593. The fourth-order valence-corrected chi connectivity index (χ4v) is 7.35. The highest BCUT2D eigenvalue weighted by atomic mass is 32.1. The molecular weight excluding hydrogens is 514 g/mol. The number of aromatic nitrogens is 1. The smallest absolute Gasteiger partial charge is 0.263 e. The van der Waals surface area contributed by atoms with Gasteiger partial charge < -0.3 is 20.4 Å². The third kappa shape index (κ3) is 5.21. The van der Waals surface area contributed by atoms with Gasteiger partial charge in [-0.1, -0.05) is 19.9 Å². The normalized spacial score (nSPS) is 28.5. The molecule has 208 valence electrons. The molecule has 1 aromatic heterocycles. The molecule has 5 atom stereocenters. The molecule has 2 aliphatic carbocycles. The number of aliphatic hydroxyl groups is 2. The summed E-state index contributed by atoms with van der Waals surface area (Å²) < 4.78 is 28.4. The molecule has 2 aliphatic rings. The van der Waals surface area contributed by atoms with Crippen molar-refractivity contribution in [1.82, 2.24) is 10.3 Å². The van der Waals surface area contributed by atoms with Gasteiger partial charge in [0.15, 0.2) is 5.13 Å². The molecule has 1 heterocycles. The molecule has 2 amide bonds. The van der Waals surface area contributed by atoms with Crippen molar-refractivity contribution < 1.29 is 33.5 Å². The van der Waals surface area contributed by atoms with Gasteiger partial charge in [0.05, 0.1) is 45.6 Å².